The van der Waals surface area contributed by atoms with E-state index in [0.29, 0.717) is 28.6 Å². The van der Waals surface area contributed by atoms with Crippen molar-refractivity contribution in [2.24, 2.45) is 39.4 Å². The second-order valence-electron chi connectivity index (χ2n) is 18.7. The highest BCUT2D eigenvalue weighted by Crippen LogP contribution is 2.52. The zero-order valence-electron chi connectivity index (χ0n) is 28.9. The Labute approximate surface area is 243 Å². The third-order valence-corrected chi connectivity index (χ3v) is 9.87. The minimum Gasteiger partial charge on any atom is -0.326 e. The summed E-state index contributed by atoms with van der Waals surface area (Å²) < 4.78 is 2.61. The highest BCUT2D eigenvalue weighted by atomic mass is 15.1. The maximum absolute atomic E-state index is 5.23. The van der Waals surface area contributed by atoms with Crippen LogP contribution in [-0.2, 0) is 17.4 Å². The molecule has 2 nitrogen and oxygen atoms in total. The number of hydrogen-bond donors (Lipinski definition) is 0. The van der Waals surface area contributed by atoms with Crippen LogP contribution in [0.3, 0.4) is 0 Å². The number of aromatic nitrogens is 2. The van der Waals surface area contributed by atoms with Gasteiger partial charge < -0.3 is 4.57 Å². The van der Waals surface area contributed by atoms with Crippen molar-refractivity contribution in [2.45, 2.75) is 154 Å². The second kappa shape index (κ2) is 10.2. The van der Waals surface area contributed by atoms with Gasteiger partial charge in [0.1, 0.15) is 5.82 Å². The van der Waals surface area contributed by atoms with Gasteiger partial charge in [-0.3, -0.25) is 0 Å². The van der Waals surface area contributed by atoms with E-state index in [1.165, 1.54) is 30.8 Å². The first-order valence-electron chi connectivity index (χ1n) is 15.8. The molecule has 0 aromatic carbocycles. The van der Waals surface area contributed by atoms with Gasteiger partial charge in [-0.05, 0) is 92.3 Å². The van der Waals surface area contributed by atoms with Crippen molar-refractivity contribution >= 4 is 0 Å². The molecule has 0 N–H and O–H groups in total. The molecule has 0 aliphatic heterocycles. The molecular formula is C37H64N2. The second-order valence-corrected chi connectivity index (χ2v) is 18.7. The van der Waals surface area contributed by atoms with Crippen LogP contribution in [0.5, 0.6) is 0 Å². The van der Waals surface area contributed by atoms with Crippen LogP contribution < -0.4 is 0 Å². The van der Waals surface area contributed by atoms with E-state index in [2.05, 4.69) is 134 Å². The lowest BCUT2D eigenvalue weighted by atomic mass is 9.66. The topological polar surface area (TPSA) is 17.8 Å². The van der Waals surface area contributed by atoms with E-state index >= 15 is 0 Å². The predicted octanol–water partition coefficient (Wildman–Crippen LogP) is 10.9. The van der Waals surface area contributed by atoms with E-state index in [0.717, 1.165) is 12.8 Å². The molecule has 0 saturated carbocycles. The summed E-state index contributed by atoms with van der Waals surface area (Å²) in [6.07, 6.45) is 13.3. The summed E-state index contributed by atoms with van der Waals surface area (Å²) >= 11 is 0. The Morgan fingerprint density at radius 3 is 1.79 bits per heavy atom. The fourth-order valence-electron chi connectivity index (χ4n) is 7.97. The van der Waals surface area contributed by atoms with Gasteiger partial charge in [-0.15, -0.1) is 0 Å². The van der Waals surface area contributed by atoms with Crippen LogP contribution in [0.15, 0.2) is 29.5 Å². The first-order valence-corrected chi connectivity index (χ1v) is 15.8. The summed E-state index contributed by atoms with van der Waals surface area (Å²) in [4.78, 5) is 5.23. The minimum atomic E-state index is -0.0305. The van der Waals surface area contributed by atoms with Gasteiger partial charge in [-0.1, -0.05) is 113 Å². The lowest BCUT2D eigenvalue weighted by Crippen LogP contribution is -2.35. The van der Waals surface area contributed by atoms with E-state index in [1.54, 1.807) is 11.1 Å². The van der Waals surface area contributed by atoms with Crippen molar-refractivity contribution in [2.75, 3.05) is 0 Å². The molecule has 2 aliphatic carbocycles. The molecule has 3 rings (SSSR count). The van der Waals surface area contributed by atoms with Crippen molar-refractivity contribution in [3.63, 3.8) is 0 Å². The monoisotopic (exact) mass is 537 g/mol. The van der Waals surface area contributed by atoms with Gasteiger partial charge in [0, 0.05) is 22.8 Å². The van der Waals surface area contributed by atoms with Gasteiger partial charge in [0.25, 0.3) is 0 Å². The Balaban J connectivity index is 1.96. The number of imidazole rings is 1. The van der Waals surface area contributed by atoms with Crippen molar-refractivity contribution in [1.82, 2.24) is 9.55 Å². The molecular weight excluding hydrogens is 472 g/mol. The summed E-state index contributed by atoms with van der Waals surface area (Å²) in [5.41, 5.74) is 5.65. The number of nitrogens with zero attached hydrogens (tertiary/aromatic N) is 2. The van der Waals surface area contributed by atoms with Crippen LogP contribution in [-0.4, -0.2) is 9.55 Å². The van der Waals surface area contributed by atoms with E-state index < -0.39 is 0 Å². The van der Waals surface area contributed by atoms with Crippen molar-refractivity contribution < 1.29 is 0 Å². The fraction of sp³-hybridized carbons (Fsp3) is 0.811. The van der Waals surface area contributed by atoms with Gasteiger partial charge in [-0.25, -0.2) is 4.98 Å². The molecule has 0 spiro atoms. The van der Waals surface area contributed by atoms with Gasteiger partial charge in [0.15, 0.2) is 0 Å². The van der Waals surface area contributed by atoms with Crippen molar-refractivity contribution in [3.8, 4) is 0 Å². The van der Waals surface area contributed by atoms with Crippen LogP contribution >= 0.6 is 0 Å². The third kappa shape index (κ3) is 6.95. The molecule has 0 amide bonds. The van der Waals surface area contributed by atoms with Crippen LogP contribution in [0.1, 0.15) is 148 Å². The first kappa shape index (κ1) is 32.2. The summed E-state index contributed by atoms with van der Waals surface area (Å²) in [6, 6.07) is 0. The van der Waals surface area contributed by atoms with E-state index in [4.69, 9.17) is 4.98 Å². The molecule has 3 unspecified atom stereocenters. The summed E-state index contributed by atoms with van der Waals surface area (Å²) in [7, 11) is 0. The highest BCUT2D eigenvalue weighted by molar-refractivity contribution is 5.28. The quantitative estimate of drug-likeness (QED) is 0.331. The Hall–Kier alpha value is -1.31. The van der Waals surface area contributed by atoms with E-state index in [-0.39, 0.29) is 21.8 Å². The average Bonchev–Trinajstić information content (AvgIpc) is 3.43. The molecule has 1 aromatic heterocycles. The van der Waals surface area contributed by atoms with E-state index in [1.807, 2.05) is 0 Å². The maximum atomic E-state index is 5.23. The molecule has 2 aliphatic rings. The van der Waals surface area contributed by atoms with Gasteiger partial charge in [0.2, 0.25) is 0 Å². The summed E-state index contributed by atoms with van der Waals surface area (Å²) in [5.74, 6) is 3.23. The SMILES string of the molecule is CC(C)(Cc1cnc(C(C)(C)CC2=CC(C(C)(C)C)C(C(C)(C)C)C2)n1C(C)(C)C)C1=CCCC1C(C)(C)C. The number of allylic oxidation sites excluding steroid dienone is 4. The molecule has 0 fully saturated rings. The average molecular weight is 537 g/mol. The van der Waals surface area contributed by atoms with Crippen LogP contribution in [0.2, 0.25) is 0 Å². The van der Waals surface area contributed by atoms with Gasteiger partial charge in [0.05, 0.1) is 0 Å². The summed E-state index contributed by atoms with van der Waals surface area (Å²) in [5, 5.41) is 0. The first-order chi connectivity index (χ1) is 17.4. The molecule has 0 saturated heterocycles. The van der Waals surface area contributed by atoms with Crippen LogP contribution in [0.4, 0.5) is 0 Å². The molecule has 1 aromatic rings. The lowest BCUT2D eigenvalue weighted by Gasteiger charge is -2.39. The molecule has 222 valence electrons. The Bertz CT molecular complexity index is 1080. The standard InChI is InChI=1S/C37H64N2/c1-32(2,3)27-18-17-19-28(27)36(13,14)23-26-24-38-31(39(26)35(10,11)12)37(15,16)22-25-20-29(33(4,5)6)30(21-25)34(7,8)9/h19-20,24,27,29-30H,17-18,21-23H2,1-16H3. The highest BCUT2D eigenvalue weighted by Gasteiger charge is 2.44. The van der Waals surface area contributed by atoms with E-state index in [9.17, 15) is 0 Å². The molecule has 3 atom stereocenters. The molecule has 0 radical (unpaired) electrons. The molecule has 39 heavy (non-hydrogen) atoms. The molecule has 0 bridgehead atoms. The number of rotatable bonds is 6. The Kier molecular flexibility index (Phi) is 8.42. The van der Waals surface area contributed by atoms with Gasteiger partial charge >= 0.3 is 0 Å². The summed E-state index contributed by atoms with van der Waals surface area (Å²) in [6.45, 7) is 38.7. The predicted molar refractivity (Wildman–Crippen MR) is 171 cm³/mol. The minimum absolute atomic E-state index is 0.0199. The van der Waals surface area contributed by atoms with Gasteiger partial charge in [-0.2, -0.15) is 0 Å². The number of hydrogen-bond acceptors (Lipinski definition) is 1. The Morgan fingerprint density at radius 2 is 1.33 bits per heavy atom. The molecule has 1 heterocycles. The maximum Gasteiger partial charge on any atom is 0.115 e. The Morgan fingerprint density at radius 1 is 0.744 bits per heavy atom. The third-order valence-electron chi connectivity index (χ3n) is 9.87. The van der Waals surface area contributed by atoms with Crippen molar-refractivity contribution in [1.29, 1.82) is 0 Å². The largest absolute Gasteiger partial charge is 0.326 e. The fourth-order valence-corrected chi connectivity index (χ4v) is 7.97. The lowest BCUT2D eigenvalue weighted by molar-refractivity contribution is 0.118. The smallest absolute Gasteiger partial charge is 0.115 e. The normalized spacial score (nSPS) is 23.8. The van der Waals surface area contributed by atoms with Crippen LogP contribution in [0.25, 0.3) is 0 Å². The molecule has 2 heteroatoms. The zero-order chi connectivity index (χ0) is 30.0. The van der Waals surface area contributed by atoms with Crippen LogP contribution in [0, 0.1) is 39.4 Å². The van der Waals surface area contributed by atoms with Crippen molar-refractivity contribution in [3.05, 3.63) is 41.0 Å². The zero-order valence-corrected chi connectivity index (χ0v) is 28.9.